The maximum Gasteiger partial charge on any atom is 0.306 e. The third-order valence-electron chi connectivity index (χ3n) is 4.46. The first-order chi connectivity index (χ1) is 10.5. The minimum absolute atomic E-state index is 0.0629. The number of carbonyl (C=O) groups excluding carboxylic acids is 2. The quantitative estimate of drug-likeness (QED) is 0.577. The fraction of sp³-hybridized carbons (Fsp3) is 0.778. The molecule has 124 valence electrons. The number of ether oxygens (including phenoxy) is 1. The highest BCUT2D eigenvalue weighted by molar-refractivity contribution is 5.79. The first-order valence-corrected chi connectivity index (χ1v) is 8.69. The molecular weight excluding hydrogens is 278 g/mol. The summed E-state index contributed by atoms with van der Waals surface area (Å²) in [5.74, 6) is 0.351. The van der Waals surface area contributed by atoms with E-state index in [0.717, 1.165) is 32.2 Å². The van der Waals surface area contributed by atoms with Crippen LogP contribution in [0, 0.1) is 5.92 Å². The number of carbonyl (C=O) groups is 2. The molecule has 1 atom stereocenters. The van der Waals surface area contributed by atoms with Crippen LogP contribution in [-0.2, 0) is 14.3 Å². The minimum atomic E-state index is -0.135. The molecule has 0 N–H and O–H groups in total. The van der Waals surface area contributed by atoms with Crippen LogP contribution in [0.1, 0.15) is 65.2 Å². The molecule has 4 heteroatoms. The Morgan fingerprint density at radius 3 is 2.82 bits per heavy atom. The first kappa shape index (κ1) is 17.0. The first-order valence-electron chi connectivity index (χ1n) is 8.69. The maximum atomic E-state index is 12.4. The number of hydrogen-bond acceptors (Lipinski definition) is 3. The van der Waals surface area contributed by atoms with E-state index in [2.05, 4.69) is 6.08 Å². The van der Waals surface area contributed by atoms with Crippen molar-refractivity contribution in [1.82, 2.24) is 4.90 Å². The average Bonchev–Trinajstić information content (AvgIpc) is 2.47. The van der Waals surface area contributed by atoms with Crippen LogP contribution >= 0.6 is 0 Å². The second-order valence-electron chi connectivity index (χ2n) is 6.88. The lowest BCUT2D eigenvalue weighted by atomic mass is 9.93. The standard InChI is InChI=1S/C18H29NO3/c1-14(2)22-18(21)12-16-9-6-10-19(13-16)17(20)11-15-7-4-3-5-8-15/h7,14,16H,3-6,8-13H2,1-2H3/t16-/m0/s1. The number of allylic oxidation sites excluding steroid dienone is 1. The fourth-order valence-corrected chi connectivity index (χ4v) is 3.38. The van der Waals surface area contributed by atoms with Gasteiger partial charge in [-0.1, -0.05) is 11.6 Å². The summed E-state index contributed by atoms with van der Waals surface area (Å²) >= 11 is 0. The molecule has 0 bridgehead atoms. The van der Waals surface area contributed by atoms with Crippen molar-refractivity contribution in [3.63, 3.8) is 0 Å². The van der Waals surface area contributed by atoms with Crippen LogP contribution in [-0.4, -0.2) is 36.0 Å². The van der Waals surface area contributed by atoms with Gasteiger partial charge in [-0.05, 0) is 58.3 Å². The van der Waals surface area contributed by atoms with Crippen LogP contribution in [0.4, 0.5) is 0 Å². The van der Waals surface area contributed by atoms with E-state index in [1.165, 1.54) is 18.4 Å². The van der Waals surface area contributed by atoms with Crippen molar-refractivity contribution in [3.05, 3.63) is 11.6 Å². The Balaban J connectivity index is 1.80. The topological polar surface area (TPSA) is 46.6 Å². The fourth-order valence-electron chi connectivity index (χ4n) is 3.38. The molecule has 0 spiro atoms. The average molecular weight is 307 g/mol. The Morgan fingerprint density at radius 2 is 2.14 bits per heavy atom. The van der Waals surface area contributed by atoms with Gasteiger partial charge in [-0.3, -0.25) is 9.59 Å². The molecule has 1 fully saturated rings. The minimum Gasteiger partial charge on any atom is -0.463 e. The number of likely N-dealkylation sites (tertiary alicyclic amines) is 1. The molecule has 0 saturated carbocycles. The number of esters is 1. The second-order valence-corrected chi connectivity index (χ2v) is 6.88. The van der Waals surface area contributed by atoms with Crippen molar-refractivity contribution in [1.29, 1.82) is 0 Å². The van der Waals surface area contributed by atoms with Gasteiger partial charge in [0.15, 0.2) is 0 Å². The van der Waals surface area contributed by atoms with E-state index in [-0.39, 0.29) is 23.9 Å². The maximum absolute atomic E-state index is 12.4. The van der Waals surface area contributed by atoms with Gasteiger partial charge in [0.2, 0.25) is 5.91 Å². The van der Waals surface area contributed by atoms with Gasteiger partial charge in [-0.15, -0.1) is 0 Å². The number of nitrogens with zero attached hydrogens (tertiary/aromatic N) is 1. The van der Waals surface area contributed by atoms with Gasteiger partial charge in [-0.2, -0.15) is 0 Å². The Kier molecular flexibility index (Phi) is 6.47. The summed E-state index contributed by atoms with van der Waals surface area (Å²) in [4.78, 5) is 26.2. The van der Waals surface area contributed by atoms with Crippen molar-refractivity contribution in [2.45, 2.75) is 71.3 Å². The van der Waals surface area contributed by atoms with Gasteiger partial charge in [0.25, 0.3) is 0 Å². The molecule has 0 aromatic carbocycles. The normalized spacial score (nSPS) is 22.4. The van der Waals surface area contributed by atoms with E-state index < -0.39 is 0 Å². The van der Waals surface area contributed by atoms with Crippen LogP contribution in [0.15, 0.2) is 11.6 Å². The Morgan fingerprint density at radius 1 is 1.32 bits per heavy atom. The summed E-state index contributed by atoms with van der Waals surface area (Å²) in [6, 6.07) is 0. The third-order valence-corrected chi connectivity index (χ3v) is 4.46. The monoisotopic (exact) mass is 307 g/mol. The largest absolute Gasteiger partial charge is 0.463 e. The van der Waals surface area contributed by atoms with E-state index in [1.807, 2.05) is 18.7 Å². The third kappa shape index (κ3) is 5.47. The number of piperidine rings is 1. The van der Waals surface area contributed by atoms with Crippen LogP contribution in [0.3, 0.4) is 0 Å². The van der Waals surface area contributed by atoms with E-state index >= 15 is 0 Å². The van der Waals surface area contributed by atoms with Gasteiger partial charge in [0.1, 0.15) is 0 Å². The molecule has 1 saturated heterocycles. The lowest BCUT2D eigenvalue weighted by Crippen LogP contribution is -2.40. The SMILES string of the molecule is CC(C)OC(=O)C[C@@H]1CCCN(C(=O)CC2=CCCCC2)C1. The zero-order valence-corrected chi connectivity index (χ0v) is 14.0. The highest BCUT2D eigenvalue weighted by atomic mass is 16.5. The molecule has 4 nitrogen and oxygen atoms in total. The lowest BCUT2D eigenvalue weighted by Gasteiger charge is -2.33. The van der Waals surface area contributed by atoms with E-state index in [9.17, 15) is 9.59 Å². The van der Waals surface area contributed by atoms with Gasteiger partial charge >= 0.3 is 5.97 Å². The molecule has 0 aromatic heterocycles. The summed E-state index contributed by atoms with van der Waals surface area (Å²) in [7, 11) is 0. The van der Waals surface area contributed by atoms with Crippen LogP contribution < -0.4 is 0 Å². The number of hydrogen-bond donors (Lipinski definition) is 0. The molecule has 2 rings (SSSR count). The molecule has 2 aliphatic rings. The van der Waals surface area contributed by atoms with E-state index in [4.69, 9.17) is 4.74 Å². The zero-order chi connectivity index (χ0) is 15.9. The molecular formula is C18H29NO3. The summed E-state index contributed by atoms with van der Waals surface area (Å²) in [5, 5.41) is 0. The lowest BCUT2D eigenvalue weighted by molar-refractivity contribution is -0.149. The second kappa shape index (κ2) is 8.35. The van der Waals surface area contributed by atoms with Crippen LogP contribution in [0.25, 0.3) is 0 Å². The van der Waals surface area contributed by atoms with Crippen LogP contribution in [0.5, 0.6) is 0 Å². The summed E-state index contributed by atoms with van der Waals surface area (Å²) in [6.07, 6.45) is 9.84. The van der Waals surface area contributed by atoms with Gasteiger partial charge < -0.3 is 9.64 Å². The van der Waals surface area contributed by atoms with Crippen molar-refractivity contribution >= 4 is 11.9 Å². The number of amides is 1. The molecule has 0 aromatic rings. The molecule has 22 heavy (non-hydrogen) atoms. The van der Waals surface area contributed by atoms with Gasteiger partial charge in [0, 0.05) is 19.5 Å². The number of rotatable bonds is 5. The Hall–Kier alpha value is -1.32. The highest BCUT2D eigenvalue weighted by Crippen LogP contribution is 2.24. The summed E-state index contributed by atoms with van der Waals surface area (Å²) < 4.78 is 5.22. The zero-order valence-electron chi connectivity index (χ0n) is 14.0. The van der Waals surface area contributed by atoms with E-state index in [0.29, 0.717) is 19.4 Å². The van der Waals surface area contributed by atoms with E-state index in [1.54, 1.807) is 0 Å². The molecule has 0 radical (unpaired) electrons. The molecule has 1 aliphatic heterocycles. The summed E-state index contributed by atoms with van der Waals surface area (Å²) in [6.45, 7) is 5.28. The van der Waals surface area contributed by atoms with Crippen molar-refractivity contribution in [2.75, 3.05) is 13.1 Å². The molecule has 1 amide bonds. The predicted molar refractivity (Wildman–Crippen MR) is 86.3 cm³/mol. The molecule has 0 unspecified atom stereocenters. The highest BCUT2D eigenvalue weighted by Gasteiger charge is 2.26. The Bertz CT molecular complexity index is 428. The van der Waals surface area contributed by atoms with Crippen molar-refractivity contribution in [3.8, 4) is 0 Å². The van der Waals surface area contributed by atoms with Gasteiger partial charge in [-0.25, -0.2) is 0 Å². The molecule has 1 aliphatic carbocycles. The van der Waals surface area contributed by atoms with Crippen molar-refractivity contribution in [2.24, 2.45) is 5.92 Å². The molecule has 1 heterocycles. The predicted octanol–water partition coefficient (Wildman–Crippen LogP) is 3.46. The Labute approximate surface area is 133 Å². The summed E-state index contributed by atoms with van der Waals surface area (Å²) in [5.41, 5.74) is 1.30. The van der Waals surface area contributed by atoms with Crippen LogP contribution in [0.2, 0.25) is 0 Å². The smallest absolute Gasteiger partial charge is 0.306 e. The van der Waals surface area contributed by atoms with Crippen molar-refractivity contribution < 1.29 is 14.3 Å². The van der Waals surface area contributed by atoms with Gasteiger partial charge in [0.05, 0.1) is 12.5 Å².